The number of piperidine rings is 1. The first-order chi connectivity index (χ1) is 13.2. The number of carbonyl (C=O) groups excluding carboxylic acids is 1. The van der Waals surface area contributed by atoms with Crippen molar-refractivity contribution in [3.05, 3.63) is 24.1 Å². The minimum Gasteiger partial charge on any atom is -0.384 e. The van der Waals surface area contributed by atoms with Crippen LogP contribution < -0.4 is 5.32 Å². The van der Waals surface area contributed by atoms with Gasteiger partial charge in [-0.05, 0) is 12.8 Å². The van der Waals surface area contributed by atoms with E-state index in [9.17, 15) is 4.79 Å². The smallest absolute Gasteiger partial charge is 0.317 e. The van der Waals surface area contributed by atoms with E-state index in [1.807, 2.05) is 22.7 Å². The van der Waals surface area contributed by atoms with Crippen LogP contribution in [0.5, 0.6) is 0 Å². The zero-order valence-corrected chi connectivity index (χ0v) is 16.6. The van der Waals surface area contributed by atoms with Gasteiger partial charge in [0.15, 0.2) is 11.0 Å². The van der Waals surface area contributed by atoms with Gasteiger partial charge in [0, 0.05) is 58.4 Å². The van der Waals surface area contributed by atoms with E-state index in [1.165, 1.54) is 0 Å². The number of aromatic nitrogens is 4. The second-order valence-electron chi connectivity index (χ2n) is 6.48. The van der Waals surface area contributed by atoms with Crippen LogP contribution in [0.15, 0.2) is 22.1 Å². The molecule has 148 valence electrons. The van der Waals surface area contributed by atoms with Crippen molar-refractivity contribution in [1.29, 1.82) is 0 Å². The fourth-order valence-corrected chi connectivity index (χ4v) is 3.78. The number of urea groups is 1. The molecule has 2 aromatic rings. The summed E-state index contributed by atoms with van der Waals surface area (Å²) in [6.07, 6.45) is 6.19. The Bertz CT molecular complexity index is 734. The van der Waals surface area contributed by atoms with Crippen LogP contribution in [-0.4, -0.2) is 69.7 Å². The molecule has 10 heteroatoms. The molecule has 3 heterocycles. The average molecular weight is 395 g/mol. The Morgan fingerprint density at radius 3 is 3.19 bits per heavy atom. The summed E-state index contributed by atoms with van der Waals surface area (Å²) in [7, 11) is 3.60. The molecule has 0 bridgehead atoms. The summed E-state index contributed by atoms with van der Waals surface area (Å²) in [5, 5.41) is 7.93. The molecule has 1 N–H and O–H groups in total. The molecule has 1 aliphatic heterocycles. The number of ether oxygens (including phenoxy) is 1. The van der Waals surface area contributed by atoms with Gasteiger partial charge in [0.05, 0.1) is 12.5 Å². The predicted molar refractivity (Wildman–Crippen MR) is 101 cm³/mol. The maximum atomic E-state index is 12.5. The molecule has 1 saturated heterocycles. The van der Waals surface area contributed by atoms with E-state index in [-0.39, 0.29) is 11.9 Å². The summed E-state index contributed by atoms with van der Waals surface area (Å²) in [6, 6.07) is -0.0423. The minimum atomic E-state index is -0.0423. The van der Waals surface area contributed by atoms with Gasteiger partial charge in [-0.1, -0.05) is 16.9 Å². The molecule has 0 radical (unpaired) electrons. The van der Waals surface area contributed by atoms with Gasteiger partial charge >= 0.3 is 6.03 Å². The molecule has 0 unspecified atom stereocenters. The molecule has 0 saturated carbocycles. The van der Waals surface area contributed by atoms with Gasteiger partial charge in [0.25, 0.3) is 0 Å². The monoisotopic (exact) mass is 394 g/mol. The number of imidazole rings is 1. The van der Waals surface area contributed by atoms with E-state index < -0.39 is 0 Å². The normalized spacial score (nSPS) is 17.3. The molecule has 0 aliphatic carbocycles. The Balaban J connectivity index is 1.43. The first-order valence-corrected chi connectivity index (χ1v) is 10.1. The fourth-order valence-electron chi connectivity index (χ4n) is 2.99. The van der Waals surface area contributed by atoms with Crippen LogP contribution in [0, 0.1) is 0 Å². The number of nitrogens with zero attached hydrogens (tertiary/aromatic N) is 5. The van der Waals surface area contributed by atoms with Crippen LogP contribution in [-0.2, 0) is 18.2 Å². The summed E-state index contributed by atoms with van der Waals surface area (Å²) >= 11 is 1.62. The predicted octanol–water partition coefficient (Wildman–Crippen LogP) is 1.67. The Hall–Kier alpha value is -2.07. The van der Waals surface area contributed by atoms with Crippen LogP contribution in [0.2, 0.25) is 0 Å². The van der Waals surface area contributed by atoms with Gasteiger partial charge in [-0.2, -0.15) is 4.98 Å². The van der Waals surface area contributed by atoms with Crippen molar-refractivity contribution in [3.8, 4) is 0 Å². The third-order valence-electron chi connectivity index (χ3n) is 4.46. The van der Waals surface area contributed by atoms with E-state index in [4.69, 9.17) is 9.26 Å². The van der Waals surface area contributed by atoms with E-state index >= 15 is 0 Å². The zero-order chi connectivity index (χ0) is 19.1. The molecular weight excluding hydrogens is 368 g/mol. The maximum Gasteiger partial charge on any atom is 0.317 e. The first-order valence-electron chi connectivity index (χ1n) is 9.11. The zero-order valence-electron chi connectivity index (χ0n) is 15.8. The maximum absolute atomic E-state index is 12.5. The standard InChI is InChI=1S/C17H26N6O3S/c1-22-9-6-19-17(22)27-11-7-18-16(24)23-8-3-4-13(12-23)15-20-14(21-26-15)5-10-25-2/h6,9,13H,3-5,7-8,10-12H2,1-2H3,(H,18,24)/t13-/m0/s1. The fraction of sp³-hybridized carbons (Fsp3) is 0.647. The van der Waals surface area contributed by atoms with Crippen molar-refractivity contribution >= 4 is 17.8 Å². The lowest BCUT2D eigenvalue weighted by Crippen LogP contribution is -2.45. The quantitative estimate of drug-likeness (QED) is 0.537. The number of nitrogens with one attached hydrogen (secondary N) is 1. The Labute approximate surface area is 162 Å². The van der Waals surface area contributed by atoms with Gasteiger partial charge in [-0.15, -0.1) is 0 Å². The van der Waals surface area contributed by atoms with E-state index in [1.54, 1.807) is 25.1 Å². The van der Waals surface area contributed by atoms with Crippen LogP contribution in [0.3, 0.4) is 0 Å². The summed E-state index contributed by atoms with van der Waals surface area (Å²) in [5.74, 6) is 2.14. The highest BCUT2D eigenvalue weighted by Gasteiger charge is 2.28. The third kappa shape index (κ3) is 5.46. The molecule has 1 atom stereocenters. The number of methoxy groups -OCH3 is 1. The van der Waals surface area contributed by atoms with Crippen LogP contribution >= 0.6 is 11.8 Å². The Kier molecular flexibility index (Phi) is 7.11. The number of hydrogen-bond donors (Lipinski definition) is 1. The van der Waals surface area contributed by atoms with Crippen LogP contribution in [0.4, 0.5) is 4.79 Å². The number of aryl methyl sites for hydroxylation is 1. The molecule has 27 heavy (non-hydrogen) atoms. The summed E-state index contributed by atoms with van der Waals surface area (Å²) < 4.78 is 12.4. The van der Waals surface area contributed by atoms with Gasteiger partial charge < -0.3 is 24.0 Å². The van der Waals surface area contributed by atoms with Gasteiger partial charge in [0.1, 0.15) is 0 Å². The third-order valence-corrected chi connectivity index (χ3v) is 5.52. The highest BCUT2D eigenvalue weighted by molar-refractivity contribution is 7.99. The second-order valence-corrected chi connectivity index (χ2v) is 7.54. The van der Waals surface area contributed by atoms with Crippen molar-refractivity contribution in [2.45, 2.75) is 30.3 Å². The number of likely N-dealkylation sites (tertiary alicyclic amines) is 1. The highest BCUT2D eigenvalue weighted by atomic mass is 32.2. The number of rotatable bonds is 8. The van der Waals surface area contributed by atoms with Gasteiger partial charge in [-0.25, -0.2) is 9.78 Å². The van der Waals surface area contributed by atoms with Crippen molar-refractivity contribution in [1.82, 2.24) is 29.9 Å². The van der Waals surface area contributed by atoms with Crippen LogP contribution in [0.25, 0.3) is 0 Å². The SMILES string of the molecule is COCCc1noc([C@H]2CCCN(C(=O)NCCSc3nccn3C)C2)n1. The molecular formula is C17H26N6O3S. The molecule has 2 aromatic heterocycles. The average Bonchev–Trinajstić information content (AvgIpc) is 3.32. The van der Waals surface area contributed by atoms with Crippen molar-refractivity contribution in [3.63, 3.8) is 0 Å². The second kappa shape index (κ2) is 9.75. The topological polar surface area (TPSA) is 98.3 Å². The number of thioether (sulfide) groups is 1. The molecule has 3 rings (SSSR count). The van der Waals surface area contributed by atoms with E-state index in [0.717, 1.165) is 30.3 Å². The Morgan fingerprint density at radius 1 is 1.52 bits per heavy atom. The lowest BCUT2D eigenvalue weighted by atomic mass is 9.98. The number of carbonyl (C=O) groups is 1. The molecule has 2 amide bonds. The molecule has 1 fully saturated rings. The van der Waals surface area contributed by atoms with Crippen molar-refractivity contribution < 1.29 is 14.1 Å². The number of hydrogen-bond acceptors (Lipinski definition) is 7. The lowest BCUT2D eigenvalue weighted by Gasteiger charge is -2.31. The summed E-state index contributed by atoms with van der Waals surface area (Å²) in [4.78, 5) is 23.0. The summed E-state index contributed by atoms with van der Waals surface area (Å²) in [5.41, 5.74) is 0. The van der Waals surface area contributed by atoms with Gasteiger partial charge in [-0.3, -0.25) is 0 Å². The number of amides is 2. The lowest BCUT2D eigenvalue weighted by molar-refractivity contribution is 0.172. The Morgan fingerprint density at radius 2 is 2.41 bits per heavy atom. The first kappa shape index (κ1) is 19.7. The molecule has 0 aromatic carbocycles. The highest BCUT2D eigenvalue weighted by Crippen LogP contribution is 2.25. The molecule has 9 nitrogen and oxygen atoms in total. The van der Waals surface area contributed by atoms with Crippen LogP contribution in [0.1, 0.15) is 30.5 Å². The van der Waals surface area contributed by atoms with E-state index in [0.29, 0.717) is 37.8 Å². The summed E-state index contributed by atoms with van der Waals surface area (Å²) in [6.45, 7) is 2.51. The van der Waals surface area contributed by atoms with Crippen molar-refractivity contribution in [2.75, 3.05) is 39.1 Å². The molecule has 0 spiro atoms. The van der Waals surface area contributed by atoms with E-state index in [2.05, 4.69) is 20.4 Å². The van der Waals surface area contributed by atoms with Crippen molar-refractivity contribution in [2.24, 2.45) is 7.05 Å². The molecule has 1 aliphatic rings. The van der Waals surface area contributed by atoms with Gasteiger partial charge in [0.2, 0.25) is 5.89 Å². The largest absolute Gasteiger partial charge is 0.384 e. The minimum absolute atomic E-state index is 0.0423.